The first kappa shape index (κ1) is 10.9. The molecule has 0 spiro atoms. The van der Waals surface area contributed by atoms with Gasteiger partial charge in [-0.2, -0.15) is 0 Å². The van der Waals surface area contributed by atoms with Gasteiger partial charge in [0.05, 0.1) is 25.4 Å². The zero-order valence-corrected chi connectivity index (χ0v) is 9.19. The minimum absolute atomic E-state index is 0.00116. The van der Waals surface area contributed by atoms with Gasteiger partial charge in [0, 0.05) is 12.5 Å². The average Bonchev–Trinajstić information content (AvgIpc) is 2.15. The van der Waals surface area contributed by atoms with Crippen LogP contribution in [0.5, 0.6) is 0 Å². The summed E-state index contributed by atoms with van der Waals surface area (Å²) in [6.45, 7) is 3.10. The SMILES string of the molecule is CC1COC(CO)CN1C(=O)C1CCC1. The first-order valence-corrected chi connectivity index (χ1v) is 5.75. The number of hydrogen-bond donors (Lipinski definition) is 1. The van der Waals surface area contributed by atoms with Gasteiger partial charge >= 0.3 is 0 Å². The molecule has 1 aliphatic carbocycles. The summed E-state index contributed by atoms with van der Waals surface area (Å²) in [7, 11) is 0. The van der Waals surface area contributed by atoms with Gasteiger partial charge in [-0.3, -0.25) is 4.79 Å². The lowest BCUT2D eigenvalue weighted by atomic mass is 9.84. The summed E-state index contributed by atoms with van der Waals surface area (Å²) in [5.74, 6) is 0.500. The monoisotopic (exact) mass is 213 g/mol. The number of hydrogen-bond acceptors (Lipinski definition) is 3. The smallest absolute Gasteiger partial charge is 0.226 e. The molecule has 0 aromatic carbocycles. The minimum Gasteiger partial charge on any atom is -0.394 e. The molecule has 1 saturated carbocycles. The highest BCUT2D eigenvalue weighted by Crippen LogP contribution is 2.29. The number of carbonyl (C=O) groups excluding carboxylic acids is 1. The van der Waals surface area contributed by atoms with Crippen molar-refractivity contribution in [2.24, 2.45) is 5.92 Å². The van der Waals surface area contributed by atoms with E-state index in [9.17, 15) is 4.79 Å². The topological polar surface area (TPSA) is 49.8 Å². The molecule has 0 aromatic heterocycles. The fraction of sp³-hybridized carbons (Fsp3) is 0.909. The van der Waals surface area contributed by atoms with Crippen molar-refractivity contribution in [2.45, 2.75) is 38.3 Å². The van der Waals surface area contributed by atoms with Crippen LogP contribution in [0.15, 0.2) is 0 Å². The molecular formula is C11H19NO3. The van der Waals surface area contributed by atoms with E-state index in [1.165, 1.54) is 6.42 Å². The van der Waals surface area contributed by atoms with Crippen LogP contribution in [-0.4, -0.2) is 47.8 Å². The number of amides is 1. The van der Waals surface area contributed by atoms with Gasteiger partial charge < -0.3 is 14.7 Å². The Hall–Kier alpha value is -0.610. The highest BCUT2D eigenvalue weighted by atomic mass is 16.5. The Labute approximate surface area is 90.2 Å². The molecule has 2 aliphatic rings. The number of carbonyl (C=O) groups is 1. The fourth-order valence-electron chi connectivity index (χ4n) is 2.12. The number of nitrogens with zero attached hydrogens (tertiary/aromatic N) is 1. The van der Waals surface area contributed by atoms with Gasteiger partial charge in [-0.1, -0.05) is 6.42 Å². The van der Waals surface area contributed by atoms with E-state index >= 15 is 0 Å². The molecule has 0 bridgehead atoms. The summed E-state index contributed by atoms with van der Waals surface area (Å²) >= 11 is 0. The number of rotatable bonds is 2. The second-order valence-electron chi connectivity index (χ2n) is 4.61. The molecule has 4 heteroatoms. The lowest BCUT2D eigenvalue weighted by molar-refractivity contribution is -0.152. The van der Waals surface area contributed by atoms with E-state index in [0.29, 0.717) is 13.2 Å². The maximum absolute atomic E-state index is 12.0. The van der Waals surface area contributed by atoms with Gasteiger partial charge in [0.15, 0.2) is 0 Å². The average molecular weight is 213 g/mol. The fourth-order valence-corrected chi connectivity index (χ4v) is 2.12. The first-order valence-electron chi connectivity index (χ1n) is 5.75. The lowest BCUT2D eigenvalue weighted by Gasteiger charge is -2.40. The molecule has 0 aromatic rings. The van der Waals surface area contributed by atoms with Crippen LogP contribution in [0.3, 0.4) is 0 Å². The van der Waals surface area contributed by atoms with E-state index < -0.39 is 0 Å². The van der Waals surface area contributed by atoms with Crippen molar-refractivity contribution in [2.75, 3.05) is 19.8 Å². The third-order valence-corrected chi connectivity index (χ3v) is 3.45. The molecular weight excluding hydrogens is 194 g/mol. The van der Waals surface area contributed by atoms with Crippen molar-refractivity contribution >= 4 is 5.91 Å². The molecule has 4 nitrogen and oxygen atoms in total. The third kappa shape index (κ3) is 2.16. The van der Waals surface area contributed by atoms with Crippen molar-refractivity contribution in [3.05, 3.63) is 0 Å². The van der Waals surface area contributed by atoms with Crippen LogP contribution >= 0.6 is 0 Å². The molecule has 1 aliphatic heterocycles. The van der Waals surface area contributed by atoms with Gasteiger partial charge in [-0.15, -0.1) is 0 Å². The number of morpholine rings is 1. The van der Waals surface area contributed by atoms with Gasteiger partial charge in [-0.25, -0.2) is 0 Å². The van der Waals surface area contributed by atoms with E-state index in [2.05, 4.69) is 0 Å². The Morgan fingerprint density at radius 2 is 2.27 bits per heavy atom. The number of aliphatic hydroxyl groups excluding tert-OH is 1. The molecule has 1 heterocycles. The predicted molar refractivity (Wildman–Crippen MR) is 55.3 cm³/mol. The zero-order chi connectivity index (χ0) is 10.8. The summed E-state index contributed by atoms with van der Waals surface area (Å²) in [6.07, 6.45) is 3.06. The van der Waals surface area contributed by atoms with Crippen molar-refractivity contribution in [1.82, 2.24) is 4.90 Å². The molecule has 86 valence electrons. The number of aliphatic hydroxyl groups is 1. The van der Waals surface area contributed by atoms with Crippen LogP contribution in [-0.2, 0) is 9.53 Å². The van der Waals surface area contributed by atoms with Crippen LogP contribution in [0.25, 0.3) is 0 Å². The largest absolute Gasteiger partial charge is 0.394 e. The van der Waals surface area contributed by atoms with Crippen LogP contribution in [0.4, 0.5) is 0 Å². The molecule has 2 unspecified atom stereocenters. The van der Waals surface area contributed by atoms with Crippen LogP contribution < -0.4 is 0 Å². The Morgan fingerprint density at radius 3 is 2.80 bits per heavy atom. The molecule has 1 saturated heterocycles. The van der Waals surface area contributed by atoms with Gasteiger partial charge in [0.1, 0.15) is 0 Å². The van der Waals surface area contributed by atoms with Crippen LogP contribution in [0, 0.1) is 5.92 Å². The first-order chi connectivity index (χ1) is 7.22. The van der Waals surface area contributed by atoms with Crippen molar-refractivity contribution in [1.29, 1.82) is 0 Å². The second kappa shape index (κ2) is 4.49. The Kier molecular flexibility index (Phi) is 3.26. The summed E-state index contributed by atoms with van der Waals surface area (Å²) in [5, 5.41) is 9.02. The summed E-state index contributed by atoms with van der Waals surface area (Å²) in [4.78, 5) is 13.9. The molecule has 0 radical (unpaired) electrons. The summed E-state index contributed by atoms with van der Waals surface area (Å²) < 4.78 is 5.41. The van der Waals surface area contributed by atoms with Crippen molar-refractivity contribution < 1.29 is 14.6 Å². The van der Waals surface area contributed by atoms with Gasteiger partial charge in [0.25, 0.3) is 0 Å². The summed E-state index contributed by atoms with van der Waals surface area (Å²) in [5.41, 5.74) is 0. The molecule has 2 atom stereocenters. The van der Waals surface area contributed by atoms with Crippen molar-refractivity contribution in [3.8, 4) is 0 Å². The summed E-state index contributed by atoms with van der Waals surface area (Å²) in [6, 6.07) is 0.154. The van der Waals surface area contributed by atoms with Crippen molar-refractivity contribution in [3.63, 3.8) is 0 Å². The molecule has 1 amide bonds. The zero-order valence-electron chi connectivity index (χ0n) is 9.19. The molecule has 2 fully saturated rings. The molecule has 1 N–H and O–H groups in total. The maximum atomic E-state index is 12.0. The van der Waals surface area contributed by atoms with Gasteiger partial charge in [-0.05, 0) is 19.8 Å². The minimum atomic E-state index is -0.190. The van der Waals surface area contributed by atoms with E-state index in [0.717, 1.165) is 12.8 Å². The standard InChI is InChI=1S/C11H19NO3/c1-8-7-15-10(6-13)5-12(8)11(14)9-3-2-4-9/h8-10,13H,2-7H2,1H3. The Bertz CT molecular complexity index is 240. The van der Waals surface area contributed by atoms with Crippen LogP contribution in [0.1, 0.15) is 26.2 Å². The second-order valence-corrected chi connectivity index (χ2v) is 4.61. The predicted octanol–water partition coefficient (Wildman–Crippen LogP) is 0.395. The lowest BCUT2D eigenvalue weighted by Crippen LogP contribution is -2.54. The van der Waals surface area contributed by atoms with Crippen LogP contribution in [0.2, 0.25) is 0 Å². The van der Waals surface area contributed by atoms with E-state index in [1.807, 2.05) is 11.8 Å². The number of ether oxygens (including phenoxy) is 1. The highest BCUT2D eigenvalue weighted by molar-refractivity contribution is 5.80. The molecule has 15 heavy (non-hydrogen) atoms. The quantitative estimate of drug-likeness (QED) is 0.722. The highest BCUT2D eigenvalue weighted by Gasteiger charge is 2.35. The van der Waals surface area contributed by atoms with E-state index in [4.69, 9.17) is 9.84 Å². The maximum Gasteiger partial charge on any atom is 0.226 e. The third-order valence-electron chi connectivity index (χ3n) is 3.45. The normalized spacial score (nSPS) is 32.5. The van der Waals surface area contributed by atoms with E-state index in [-0.39, 0.29) is 30.6 Å². The van der Waals surface area contributed by atoms with E-state index in [1.54, 1.807) is 0 Å². The Balaban J connectivity index is 1.95. The molecule has 2 rings (SSSR count). The van der Waals surface area contributed by atoms with Gasteiger partial charge in [0.2, 0.25) is 5.91 Å². The Morgan fingerprint density at radius 1 is 1.53 bits per heavy atom.